The van der Waals surface area contributed by atoms with Gasteiger partial charge in [-0.25, -0.2) is 8.42 Å². The van der Waals surface area contributed by atoms with Crippen molar-refractivity contribution in [2.75, 3.05) is 10.8 Å². The third-order valence-corrected chi connectivity index (χ3v) is 9.46. The summed E-state index contributed by atoms with van der Waals surface area (Å²) in [5.74, 6) is 0.307. The Hall–Kier alpha value is -4.15. The zero-order valence-corrected chi connectivity index (χ0v) is 27.3. The molecule has 0 heterocycles. The van der Waals surface area contributed by atoms with Gasteiger partial charge in [-0.15, -0.1) is 0 Å². The number of carbonyl (C=O) groups excluding carboxylic acids is 2. The molecule has 0 fully saturated rings. The van der Waals surface area contributed by atoms with Gasteiger partial charge < -0.3 is 15.0 Å². The zero-order chi connectivity index (χ0) is 31.7. The monoisotopic (exact) mass is 677 g/mol. The maximum absolute atomic E-state index is 14.1. The molecule has 0 aromatic heterocycles. The molecule has 0 unspecified atom stereocenters. The van der Waals surface area contributed by atoms with Crippen LogP contribution in [0.25, 0.3) is 0 Å². The first-order valence-electron chi connectivity index (χ1n) is 14.3. The van der Waals surface area contributed by atoms with Crippen LogP contribution in [0, 0.1) is 0 Å². The average molecular weight is 679 g/mol. The highest BCUT2D eigenvalue weighted by Gasteiger charge is 2.32. The lowest BCUT2D eigenvalue weighted by Gasteiger charge is -2.32. The summed E-state index contributed by atoms with van der Waals surface area (Å²) in [6.07, 6.45) is 0.728. The molecule has 0 aliphatic carbocycles. The average Bonchev–Trinajstić information content (AvgIpc) is 3.04. The Morgan fingerprint density at radius 1 is 0.818 bits per heavy atom. The van der Waals surface area contributed by atoms with E-state index in [1.165, 1.54) is 17.0 Å². The van der Waals surface area contributed by atoms with E-state index in [4.69, 9.17) is 4.74 Å². The highest BCUT2D eigenvalue weighted by atomic mass is 79.9. The second kappa shape index (κ2) is 15.0. The van der Waals surface area contributed by atoms with Crippen LogP contribution in [0.15, 0.2) is 119 Å². The molecule has 0 radical (unpaired) electrons. The lowest BCUT2D eigenvalue weighted by Crippen LogP contribution is -2.52. The fourth-order valence-electron chi connectivity index (χ4n) is 4.39. The Morgan fingerprint density at radius 2 is 1.39 bits per heavy atom. The second-order valence-corrected chi connectivity index (χ2v) is 13.2. The molecule has 4 aromatic carbocycles. The van der Waals surface area contributed by atoms with Gasteiger partial charge in [0, 0.05) is 17.1 Å². The van der Waals surface area contributed by atoms with Gasteiger partial charge in [-0.2, -0.15) is 0 Å². The Labute approximate surface area is 267 Å². The summed E-state index contributed by atoms with van der Waals surface area (Å²) in [6.45, 7) is 5.10. The van der Waals surface area contributed by atoms with Gasteiger partial charge in [-0.3, -0.25) is 13.9 Å². The number of nitrogens with zero attached hydrogens (tertiary/aromatic N) is 2. The van der Waals surface area contributed by atoms with Crippen molar-refractivity contribution in [3.8, 4) is 11.5 Å². The van der Waals surface area contributed by atoms with Gasteiger partial charge in [0.15, 0.2) is 0 Å². The maximum Gasteiger partial charge on any atom is 0.264 e. The Kier molecular flexibility index (Phi) is 11.2. The standard InChI is InChI=1S/C34H36BrN3O5S/c1-4-25(2)36-34(40)26(3)37(23-27-15-17-28(35)18-16-27)33(39)24-38(44(41,42)32-13-9-6-10-14-32)29-19-21-31(22-20-29)43-30-11-7-5-8-12-30/h5-22,25-26H,4,23-24H2,1-3H3,(H,36,40)/t25-,26-/m0/s1. The van der Waals surface area contributed by atoms with Crippen LogP contribution >= 0.6 is 15.9 Å². The van der Waals surface area contributed by atoms with Gasteiger partial charge in [-0.05, 0) is 86.5 Å². The third-order valence-electron chi connectivity index (χ3n) is 7.15. The summed E-state index contributed by atoms with van der Waals surface area (Å²) in [5, 5.41) is 2.94. The number of para-hydroxylation sites is 1. The number of ether oxygens (including phenoxy) is 1. The Balaban J connectivity index is 1.68. The van der Waals surface area contributed by atoms with Crippen LogP contribution in [-0.2, 0) is 26.2 Å². The number of rotatable bonds is 13. The van der Waals surface area contributed by atoms with Crippen molar-refractivity contribution in [2.45, 2.75) is 50.7 Å². The smallest absolute Gasteiger partial charge is 0.264 e. The van der Waals surface area contributed by atoms with E-state index in [2.05, 4.69) is 21.2 Å². The predicted octanol–water partition coefficient (Wildman–Crippen LogP) is 6.77. The summed E-state index contributed by atoms with van der Waals surface area (Å²) >= 11 is 3.43. The normalized spacial score (nSPS) is 12.5. The van der Waals surface area contributed by atoms with Crippen molar-refractivity contribution < 1.29 is 22.7 Å². The molecule has 0 aliphatic heterocycles. The van der Waals surface area contributed by atoms with Gasteiger partial charge in [0.05, 0.1) is 10.6 Å². The maximum atomic E-state index is 14.1. The fourth-order valence-corrected chi connectivity index (χ4v) is 6.09. The molecule has 44 heavy (non-hydrogen) atoms. The number of carbonyl (C=O) groups is 2. The van der Waals surface area contributed by atoms with E-state index in [1.807, 2.05) is 68.4 Å². The number of anilines is 1. The first-order chi connectivity index (χ1) is 21.1. The van der Waals surface area contributed by atoms with E-state index in [0.29, 0.717) is 11.5 Å². The number of benzene rings is 4. The topological polar surface area (TPSA) is 96.0 Å². The minimum Gasteiger partial charge on any atom is -0.457 e. The minimum atomic E-state index is -4.16. The highest BCUT2D eigenvalue weighted by Crippen LogP contribution is 2.28. The summed E-state index contributed by atoms with van der Waals surface area (Å²) in [5.41, 5.74) is 1.08. The van der Waals surface area contributed by atoms with E-state index in [1.54, 1.807) is 49.4 Å². The first-order valence-corrected chi connectivity index (χ1v) is 16.6. The Bertz CT molecular complexity index is 1630. The lowest BCUT2D eigenvalue weighted by molar-refractivity contribution is -0.139. The molecule has 230 valence electrons. The minimum absolute atomic E-state index is 0.0411. The summed E-state index contributed by atoms with van der Waals surface area (Å²) in [4.78, 5) is 28.8. The lowest BCUT2D eigenvalue weighted by atomic mass is 10.1. The van der Waals surface area contributed by atoms with Gasteiger partial charge in [0.1, 0.15) is 24.1 Å². The molecule has 8 nitrogen and oxygen atoms in total. The highest BCUT2D eigenvalue weighted by molar-refractivity contribution is 9.10. The van der Waals surface area contributed by atoms with Crippen LogP contribution in [0.5, 0.6) is 11.5 Å². The van der Waals surface area contributed by atoms with E-state index >= 15 is 0 Å². The first kappa shape index (κ1) is 32.8. The second-order valence-electron chi connectivity index (χ2n) is 10.4. The molecule has 0 spiro atoms. The van der Waals surface area contributed by atoms with Gasteiger partial charge in [0.2, 0.25) is 11.8 Å². The van der Waals surface area contributed by atoms with Crippen LogP contribution in [-0.4, -0.2) is 43.8 Å². The van der Waals surface area contributed by atoms with Gasteiger partial charge in [-0.1, -0.05) is 71.4 Å². The molecular weight excluding hydrogens is 642 g/mol. The van der Waals surface area contributed by atoms with Crippen molar-refractivity contribution in [2.24, 2.45) is 0 Å². The Morgan fingerprint density at radius 3 is 1.98 bits per heavy atom. The van der Waals surface area contributed by atoms with Crippen molar-refractivity contribution in [1.82, 2.24) is 10.2 Å². The molecule has 1 N–H and O–H groups in total. The molecule has 0 saturated carbocycles. The third kappa shape index (κ3) is 8.48. The number of hydrogen-bond acceptors (Lipinski definition) is 5. The number of nitrogens with one attached hydrogen (secondary N) is 1. The molecular formula is C34H36BrN3O5S. The fraction of sp³-hybridized carbons (Fsp3) is 0.235. The molecule has 2 atom stereocenters. The van der Waals surface area contributed by atoms with E-state index < -0.39 is 28.5 Å². The molecule has 4 aromatic rings. The predicted molar refractivity (Wildman–Crippen MR) is 176 cm³/mol. The van der Waals surface area contributed by atoms with Crippen LogP contribution in [0.1, 0.15) is 32.8 Å². The molecule has 10 heteroatoms. The quantitative estimate of drug-likeness (QED) is 0.169. The van der Waals surface area contributed by atoms with E-state index in [0.717, 1.165) is 20.8 Å². The molecule has 0 bridgehead atoms. The summed E-state index contributed by atoms with van der Waals surface area (Å²) in [7, 11) is -4.16. The van der Waals surface area contributed by atoms with Crippen molar-refractivity contribution in [3.05, 3.63) is 119 Å². The van der Waals surface area contributed by atoms with Crippen LogP contribution in [0.2, 0.25) is 0 Å². The number of hydrogen-bond donors (Lipinski definition) is 1. The SMILES string of the molecule is CC[C@H](C)NC(=O)[C@H](C)N(Cc1ccc(Br)cc1)C(=O)CN(c1ccc(Oc2ccccc2)cc1)S(=O)(=O)c1ccccc1. The summed E-state index contributed by atoms with van der Waals surface area (Å²) < 4.78 is 35.8. The molecule has 2 amide bonds. The zero-order valence-electron chi connectivity index (χ0n) is 24.9. The van der Waals surface area contributed by atoms with Gasteiger partial charge >= 0.3 is 0 Å². The van der Waals surface area contributed by atoms with Crippen LogP contribution < -0.4 is 14.4 Å². The largest absolute Gasteiger partial charge is 0.457 e. The number of halogens is 1. The molecule has 0 saturated heterocycles. The van der Waals surface area contributed by atoms with Crippen LogP contribution in [0.4, 0.5) is 5.69 Å². The van der Waals surface area contributed by atoms with E-state index in [9.17, 15) is 18.0 Å². The molecule has 0 aliphatic rings. The van der Waals surface area contributed by atoms with E-state index in [-0.39, 0.29) is 29.1 Å². The molecule has 4 rings (SSSR count). The van der Waals surface area contributed by atoms with Crippen molar-refractivity contribution in [3.63, 3.8) is 0 Å². The summed E-state index contributed by atoms with van der Waals surface area (Å²) in [6, 6.07) is 30.2. The van der Waals surface area contributed by atoms with Crippen LogP contribution in [0.3, 0.4) is 0 Å². The number of sulfonamides is 1. The van der Waals surface area contributed by atoms with Crippen molar-refractivity contribution >= 4 is 43.5 Å². The van der Waals surface area contributed by atoms with Gasteiger partial charge in [0.25, 0.3) is 10.0 Å². The number of amides is 2. The van der Waals surface area contributed by atoms with Crippen molar-refractivity contribution in [1.29, 1.82) is 0 Å².